The summed E-state index contributed by atoms with van der Waals surface area (Å²) >= 11 is 0. The lowest BCUT2D eigenvalue weighted by Gasteiger charge is -2.17. The van der Waals surface area contributed by atoms with Gasteiger partial charge in [-0.25, -0.2) is 4.79 Å². The molecule has 0 bridgehead atoms. The summed E-state index contributed by atoms with van der Waals surface area (Å²) in [6, 6.07) is 9.42. The molecule has 100 valence electrons. The summed E-state index contributed by atoms with van der Waals surface area (Å²) in [5.74, 6) is -0.299. The van der Waals surface area contributed by atoms with Gasteiger partial charge in [0.1, 0.15) is 0 Å². The van der Waals surface area contributed by atoms with E-state index in [0.717, 1.165) is 17.7 Å². The number of carbonyl (C=O) groups is 1. The Balaban J connectivity index is 2.08. The second-order valence-electron chi connectivity index (χ2n) is 4.45. The zero-order valence-corrected chi connectivity index (χ0v) is 11.1. The molecule has 0 spiro atoms. The van der Waals surface area contributed by atoms with Crippen LogP contribution < -0.4 is 0 Å². The van der Waals surface area contributed by atoms with Crippen molar-refractivity contribution in [2.75, 3.05) is 14.2 Å². The maximum absolute atomic E-state index is 11.7. The Labute approximate surface area is 112 Å². The van der Waals surface area contributed by atoms with Crippen LogP contribution in [0, 0.1) is 0 Å². The molecule has 1 aromatic heterocycles. The Morgan fingerprint density at radius 2 is 2.05 bits per heavy atom. The van der Waals surface area contributed by atoms with Crippen LogP contribution in [0.2, 0.25) is 0 Å². The lowest BCUT2D eigenvalue weighted by molar-refractivity contribution is 0.0598. The zero-order chi connectivity index (χ0) is 13.7. The number of furan rings is 1. The second kappa shape index (κ2) is 6.20. The SMILES string of the molecule is COC(=O)c1ccccc1CN(C)Cc1ccoc1. The van der Waals surface area contributed by atoms with Crippen molar-refractivity contribution >= 4 is 5.97 Å². The molecule has 0 fully saturated rings. The molecule has 0 aliphatic carbocycles. The summed E-state index contributed by atoms with van der Waals surface area (Å²) in [5, 5.41) is 0. The largest absolute Gasteiger partial charge is 0.472 e. The van der Waals surface area contributed by atoms with Gasteiger partial charge in [0.2, 0.25) is 0 Å². The van der Waals surface area contributed by atoms with Gasteiger partial charge >= 0.3 is 5.97 Å². The van der Waals surface area contributed by atoms with Crippen molar-refractivity contribution < 1.29 is 13.9 Å². The fraction of sp³-hybridized carbons (Fsp3) is 0.267. The van der Waals surface area contributed by atoms with Crippen LogP contribution in [0.3, 0.4) is 0 Å². The average molecular weight is 259 g/mol. The van der Waals surface area contributed by atoms with Crippen molar-refractivity contribution in [1.29, 1.82) is 0 Å². The first-order valence-corrected chi connectivity index (χ1v) is 6.06. The van der Waals surface area contributed by atoms with E-state index in [1.165, 1.54) is 7.11 Å². The molecule has 0 saturated heterocycles. The number of rotatable bonds is 5. The summed E-state index contributed by atoms with van der Waals surface area (Å²) in [6.45, 7) is 1.45. The zero-order valence-electron chi connectivity index (χ0n) is 11.1. The normalized spacial score (nSPS) is 10.7. The molecular formula is C15H17NO3. The molecule has 0 aliphatic rings. The van der Waals surface area contributed by atoms with E-state index in [1.807, 2.05) is 31.3 Å². The smallest absolute Gasteiger partial charge is 0.338 e. The molecule has 0 atom stereocenters. The summed E-state index contributed by atoms with van der Waals surface area (Å²) in [7, 11) is 3.40. The van der Waals surface area contributed by atoms with Crippen molar-refractivity contribution in [1.82, 2.24) is 4.90 Å². The van der Waals surface area contributed by atoms with E-state index in [-0.39, 0.29) is 5.97 Å². The summed E-state index contributed by atoms with van der Waals surface area (Å²) in [4.78, 5) is 13.8. The van der Waals surface area contributed by atoms with Gasteiger partial charge in [-0.15, -0.1) is 0 Å². The van der Waals surface area contributed by atoms with Gasteiger partial charge in [0.05, 0.1) is 25.2 Å². The number of ether oxygens (including phenoxy) is 1. The van der Waals surface area contributed by atoms with Gasteiger partial charge in [-0.3, -0.25) is 4.90 Å². The molecule has 0 unspecified atom stereocenters. The highest BCUT2D eigenvalue weighted by molar-refractivity contribution is 5.90. The number of hydrogen-bond acceptors (Lipinski definition) is 4. The van der Waals surface area contributed by atoms with Gasteiger partial charge in [0, 0.05) is 18.7 Å². The van der Waals surface area contributed by atoms with Crippen molar-refractivity contribution in [3.05, 3.63) is 59.5 Å². The average Bonchev–Trinajstić information content (AvgIpc) is 2.91. The van der Waals surface area contributed by atoms with Gasteiger partial charge in [-0.2, -0.15) is 0 Å². The highest BCUT2D eigenvalue weighted by Gasteiger charge is 2.12. The van der Waals surface area contributed by atoms with Gasteiger partial charge in [0.25, 0.3) is 0 Å². The van der Waals surface area contributed by atoms with E-state index in [1.54, 1.807) is 18.6 Å². The lowest BCUT2D eigenvalue weighted by Crippen LogP contribution is -2.19. The molecule has 19 heavy (non-hydrogen) atoms. The molecule has 2 rings (SSSR count). The van der Waals surface area contributed by atoms with Crippen LogP contribution >= 0.6 is 0 Å². The molecule has 0 aliphatic heterocycles. The first kappa shape index (κ1) is 13.4. The standard InChI is InChI=1S/C15H17NO3/c1-16(9-12-7-8-19-11-12)10-13-5-3-4-6-14(13)15(17)18-2/h3-8,11H,9-10H2,1-2H3. The van der Waals surface area contributed by atoms with Crippen LogP contribution in [-0.2, 0) is 17.8 Å². The molecule has 0 saturated carbocycles. The van der Waals surface area contributed by atoms with Crippen LogP contribution in [0.1, 0.15) is 21.5 Å². The molecular weight excluding hydrogens is 242 g/mol. The minimum absolute atomic E-state index is 0.299. The molecule has 1 aromatic carbocycles. The van der Waals surface area contributed by atoms with Crippen molar-refractivity contribution in [3.8, 4) is 0 Å². The van der Waals surface area contributed by atoms with Gasteiger partial charge in [0.15, 0.2) is 0 Å². The first-order valence-electron chi connectivity index (χ1n) is 6.06. The molecule has 0 amide bonds. The summed E-state index contributed by atoms with van der Waals surface area (Å²) in [6.07, 6.45) is 3.38. The third kappa shape index (κ3) is 3.45. The van der Waals surface area contributed by atoms with Crippen molar-refractivity contribution in [2.24, 2.45) is 0 Å². The number of esters is 1. The van der Waals surface area contributed by atoms with E-state index < -0.39 is 0 Å². The Hall–Kier alpha value is -2.07. The number of hydrogen-bond donors (Lipinski definition) is 0. The van der Waals surface area contributed by atoms with E-state index in [2.05, 4.69) is 4.90 Å². The Bertz CT molecular complexity index is 534. The predicted molar refractivity (Wildman–Crippen MR) is 71.7 cm³/mol. The van der Waals surface area contributed by atoms with Crippen LogP contribution in [-0.4, -0.2) is 25.0 Å². The maximum Gasteiger partial charge on any atom is 0.338 e. The minimum atomic E-state index is -0.299. The van der Waals surface area contributed by atoms with E-state index in [0.29, 0.717) is 12.1 Å². The fourth-order valence-corrected chi connectivity index (χ4v) is 2.01. The monoisotopic (exact) mass is 259 g/mol. The number of methoxy groups -OCH3 is 1. The van der Waals surface area contributed by atoms with Crippen LogP contribution in [0.25, 0.3) is 0 Å². The van der Waals surface area contributed by atoms with Gasteiger partial charge < -0.3 is 9.15 Å². The first-order chi connectivity index (χ1) is 9.20. The number of benzene rings is 1. The van der Waals surface area contributed by atoms with Crippen LogP contribution in [0.5, 0.6) is 0 Å². The Morgan fingerprint density at radius 1 is 1.26 bits per heavy atom. The van der Waals surface area contributed by atoms with Crippen LogP contribution in [0.4, 0.5) is 0 Å². The quantitative estimate of drug-likeness (QED) is 0.774. The fourth-order valence-electron chi connectivity index (χ4n) is 2.01. The highest BCUT2D eigenvalue weighted by atomic mass is 16.5. The second-order valence-corrected chi connectivity index (χ2v) is 4.45. The minimum Gasteiger partial charge on any atom is -0.472 e. The summed E-state index contributed by atoms with van der Waals surface area (Å²) in [5.41, 5.74) is 2.68. The maximum atomic E-state index is 11.7. The van der Waals surface area contributed by atoms with Crippen LogP contribution in [0.15, 0.2) is 47.3 Å². The molecule has 1 heterocycles. The predicted octanol–water partition coefficient (Wildman–Crippen LogP) is 2.70. The molecule has 4 heteroatoms. The molecule has 0 N–H and O–H groups in total. The van der Waals surface area contributed by atoms with E-state index >= 15 is 0 Å². The Kier molecular flexibility index (Phi) is 4.36. The van der Waals surface area contributed by atoms with E-state index in [9.17, 15) is 4.79 Å². The number of carbonyl (C=O) groups excluding carboxylic acids is 1. The van der Waals surface area contributed by atoms with Gasteiger partial charge in [-0.1, -0.05) is 18.2 Å². The highest BCUT2D eigenvalue weighted by Crippen LogP contribution is 2.14. The third-order valence-corrected chi connectivity index (χ3v) is 2.90. The molecule has 0 radical (unpaired) electrons. The Morgan fingerprint density at radius 3 is 2.74 bits per heavy atom. The lowest BCUT2D eigenvalue weighted by atomic mass is 10.1. The molecule has 4 nitrogen and oxygen atoms in total. The number of nitrogens with zero attached hydrogens (tertiary/aromatic N) is 1. The van der Waals surface area contributed by atoms with E-state index in [4.69, 9.17) is 9.15 Å². The topological polar surface area (TPSA) is 42.7 Å². The van der Waals surface area contributed by atoms with Gasteiger partial charge in [-0.05, 0) is 24.7 Å². The summed E-state index contributed by atoms with van der Waals surface area (Å²) < 4.78 is 9.84. The van der Waals surface area contributed by atoms with Crippen molar-refractivity contribution in [3.63, 3.8) is 0 Å². The molecule has 2 aromatic rings. The third-order valence-electron chi connectivity index (χ3n) is 2.90. The van der Waals surface area contributed by atoms with Crippen molar-refractivity contribution in [2.45, 2.75) is 13.1 Å².